The van der Waals surface area contributed by atoms with E-state index in [1.807, 2.05) is 4.90 Å². The molecule has 19 heavy (non-hydrogen) atoms. The lowest BCUT2D eigenvalue weighted by molar-refractivity contribution is -0.140. The first-order valence-electron chi connectivity index (χ1n) is 7.33. The second-order valence-electron chi connectivity index (χ2n) is 6.19. The Labute approximate surface area is 116 Å². The summed E-state index contributed by atoms with van der Waals surface area (Å²) in [5.74, 6) is 0.235. The summed E-state index contributed by atoms with van der Waals surface area (Å²) >= 11 is 0. The van der Waals surface area contributed by atoms with Crippen LogP contribution in [0, 0.1) is 0 Å². The molecule has 2 heterocycles. The fourth-order valence-electron chi connectivity index (χ4n) is 2.99. The molecular weight excluding hydrogens is 242 g/mol. The molecule has 0 aliphatic carbocycles. The highest BCUT2D eigenvalue weighted by atomic mass is 16.5. The van der Waals surface area contributed by atoms with Crippen molar-refractivity contribution in [2.24, 2.45) is 5.73 Å². The summed E-state index contributed by atoms with van der Waals surface area (Å²) in [4.78, 5) is 16.5. The van der Waals surface area contributed by atoms with Crippen LogP contribution in [0.2, 0.25) is 0 Å². The Kier molecular flexibility index (Phi) is 4.81. The number of amides is 1. The smallest absolute Gasteiger partial charge is 0.236 e. The van der Waals surface area contributed by atoms with Gasteiger partial charge in [0.2, 0.25) is 5.91 Å². The molecule has 1 atom stereocenters. The average molecular weight is 269 g/mol. The number of piperidine rings is 2. The van der Waals surface area contributed by atoms with E-state index in [0.717, 1.165) is 51.9 Å². The maximum atomic E-state index is 12.3. The fourth-order valence-corrected chi connectivity index (χ4v) is 2.99. The molecule has 110 valence electrons. The maximum absolute atomic E-state index is 12.3. The van der Waals surface area contributed by atoms with Crippen molar-refractivity contribution in [3.05, 3.63) is 0 Å². The average Bonchev–Trinajstić information content (AvgIpc) is 2.41. The normalized spacial score (nSPS) is 30.6. The van der Waals surface area contributed by atoms with Crippen molar-refractivity contribution in [1.29, 1.82) is 0 Å². The summed E-state index contributed by atoms with van der Waals surface area (Å²) in [6.07, 6.45) is 4.07. The van der Waals surface area contributed by atoms with Crippen molar-refractivity contribution < 1.29 is 9.53 Å². The van der Waals surface area contributed by atoms with E-state index in [1.54, 1.807) is 7.11 Å². The van der Waals surface area contributed by atoms with Gasteiger partial charge >= 0.3 is 0 Å². The SMILES string of the molecule is COC1(C)CCCN(C(=O)CN2CCC(N)CC2)C1. The molecule has 0 saturated carbocycles. The molecule has 0 bridgehead atoms. The zero-order chi connectivity index (χ0) is 13.9. The minimum atomic E-state index is -0.168. The third-order valence-electron chi connectivity index (χ3n) is 4.50. The molecule has 2 N–H and O–H groups in total. The lowest BCUT2D eigenvalue weighted by Gasteiger charge is -2.40. The van der Waals surface area contributed by atoms with E-state index >= 15 is 0 Å². The molecule has 2 rings (SSSR count). The summed E-state index contributed by atoms with van der Waals surface area (Å²) < 4.78 is 5.54. The molecule has 0 aromatic rings. The zero-order valence-corrected chi connectivity index (χ0v) is 12.2. The molecule has 0 aromatic heterocycles. The van der Waals surface area contributed by atoms with E-state index in [0.29, 0.717) is 12.6 Å². The van der Waals surface area contributed by atoms with Gasteiger partial charge in [0.15, 0.2) is 0 Å². The summed E-state index contributed by atoms with van der Waals surface area (Å²) in [6, 6.07) is 0.318. The number of carbonyl (C=O) groups excluding carboxylic acids is 1. The second-order valence-corrected chi connectivity index (χ2v) is 6.19. The lowest BCUT2D eigenvalue weighted by atomic mass is 9.94. The van der Waals surface area contributed by atoms with Gasteiger partial charge in [-0.3, -0.25) is 9.69 Å². The Morgan fingerprint density at radius 2 is 2.05 bits per heavy atom. The van der Waals surface area contributed by atoms with Gasteiger partial charge in [-0.1, -0.05) is 0 Å². The summed E-state index contributed by atoms with van der Waals surface area (Å²) in [5, 5.41) is 0. The fraction of sp³-hybridized carbons (Fsp3) is 0.929. The molecule has 0 aromatic carbocycles. The topological polar surface area (TPSA) is 58.8 Å². The number of hydrogen-bond acceptors (Lipinski definition) is 4. The minimum Gasteiger partial charge on any atom is -0.377 e. The van der Waals surface area contributed by atoms with Gasteiger partial charge in [0, 0.05) is 39.3 Å². The van der Waals surface area contributed by atoms with Crippen molar-refractivity contribution in [2.45, 2.75) is 44.2 Å². The van der Waals surface area contributed by atoms with Gasteiger partial charge in [0.1, 0.15) is 0 Å². The number of likely N-dealkylation sites (tertiary alicyclic amines) is 2. The van der Waals surface area contributed by atoms with Crippen LogP contribution < -0.4 is 5.73 Å². The molecule has 0 spiro atoms. The van der Waals surface area contributed by atoms with Gasteiger partial charge in [-0.25, -0.2) is 0 Å². The number of ether oxygens (including phenoxy) is 1. The van der Waals surface area contributed by atoms with Crippen LogP contribution >= 0.6 is 0 Å². The van der Waals surface area contributed by atoms with E-state index in [4.69, 9.17) is 10.5 Å². The predicted molar refractivity (Wildman–Crippen MR) is 74.9 cm³/mol. The van der Waals surface area contributed by atoms with Gasteiger partial charge in [0.05, 0.1) is 12.1 Å². The maximum Gasteiger partial charge on any atom is 0.236 e. The number of hydrogen-bond donors (Lipinski definition) is 1. The second kappa shape index (κ2) is 6.20. The summed E-state index contributed by atoms with van der Waals surface area (Å²) in [7, 11) is 1.74. The Morgan fingerprint density at radius 3 is 2.68 bits per heavy atom. The molecule has 2 saturated heterocycles. The molecule has 2 aliphatic rings. The first-order chi connectivity index (χ1) is 9.02. The van der Waals surface area contributed by atoms with Gasteiger partial charge in [0.25, 0.3) is 0 Å². The van der Waals surface area contributed by atoms with Crippen molar-refractivity contribution in [3.63, 3.8) is 0 Å². The van der Waals surface area contributed by atoms with Crippen molar-refractivity contribution in [2.75, 3.05) is 39.8 Å². The molecular formula is C14H27N3O2. The van der Waals surface area contributed by atoms with Crippen LogP contribution in [-0.2, 0) is 9.53 Å². The molecule has 0 radical (unpaired) electrons. The van der Waals surface area contributed by atoms with Crippen LogP contribution in [0.3, 0.4) is 0 Å². The van der Waals surface area contributed by atoms with E-state index in [2.05, 4.69) is 11.8 Å². The van der Waals surface area contributed by atoms with Crippen molar-refractivity contribution >= 4 is 5.91 Å². The lowest BCUT2D eigenvalue weighted by Crippen LogP contribution is -2.53. The standard InChI is InChI=1S/C14H27N3O2/c1-14(19-2)6-3-7-17(11-14)13(18)10-16-8-4-12(15)5-9-16/h12H,3-11,15H2,1-2H3. The number of rotatable bonds is 3. The molecule has 1 amide bonds. The van der Waals surface area contributed by atoms with Gasteiger partial charge in [-0.15, -0.1) is 0 Å². The summed E-state index contributed by atoms with van der Waals surface area (Å²) in [5.41, 5.74) is 5.72. The van der Waals surface area contributed by atoms with Gasteiger partial charge in [-0.05, 0) is 32.6 Å². The summed E-state index contributed by atoms with van der Waals surface area (Å²) in [6.45, 7) is 6.10. The zero-order valence-electron chi connectivity index (χ0n) is 12.2. The Morgan fingerprint density at radius 1 is 1.37 bits per heavy atom. The van der Waals surface area contributed by atoms with E-state index in [1.165, 1.54) is 0 Å². The quantitative estimate of drug-likeness (QED) is 0.807. The number of methoxy groups -OCH3 is 1. The van der Waals surface area contributed by atoms with E-state index in [9.17, 15) is 4.79 Å². The number of nitrogens with zero attached hydrogens (tertiary/aromatic N) is 2. The van der Waals surface area contributed by atoms with Gasteiger partial charge in [-0.2, -0.15) is 0 Å². The van der Waals surface area contributed by atoms with Crippen LogP contribution in [0.25, 0.3) is 0 Å². The molecule has 2 fully saturated rings. The first kappa shape index (κ1) is 14.8. The molecule has 5 heteroatoms. The molecule has 5 nitrogen and oxygen atoms in total. The first-order valence-corrected chi connectivity index (χ1v) is 7.33. The Hall–Kier alpha value is -0.650. The minimum absolute atomic E-state index is 0.168. The molecule has 1 unspecified atom stereocenters. The Balaban J connectivity index is 1.82. The van der Waals surface area contributed by atoms with Crippen molar-refractivity contribution in [3.8, 4) is 0 Å². The van der Waals surface area contributed by atoms with Crippen LogP contribution in [0.5, 0.6) is 0 Å². The van der Waals surface area contributed by atoms with Crippen LogP contribution in [0.1, 0.15) is 32.6 Å². The third-order valence-corrected chi connectivity index (χ3v) is 4.50. The number of nitrogens with two attached hydrogens (primary N) is 1. The Bertz CT molecular complexity index is 316. The largest absolute Gasteiger partial charge is 0.377 e. The van der Waals surface area contributed by atoms with Crippen LogP contribution in [-0.4, -0.2) is 67.2 Å². The predicted octanol–water partition coefficient (Wildman–Crippen LogP) is 0.437. The van der Waals surface area contributed by atoms with Crippen molar-refractivity contribution in [1.82, 2.24) is 9.80 Å². The van der Waals surface area contributed by atoms with E-state index in [-0.39, 0.29) is 11.5 Å². The highest BCUT2D eigenvalue weighted by molar-refractivity contribution is 5.78. The highest BCUT2D eigenvalue weighted by Gasteiger charge is 2.33. The number of carbonyl (C=O) groups is 1. The molecule has 2 aliphatic heterocycles. The van der Waals surface area contributed by atoms with Crippen LogP contribution in [0.15, 0.2) is 0 Å². The van der Waals surface area contributed by atoms with Crippen LogP contribution in [0.4, 0.5) is 0 Å². The third kappa shape index (κ3) is 3.91. The van der Waals surface area contributed by atoms with E-state index < -0.39 is 0 Å². The monoisotopic (exact) mass is 269 g/mol. The highest BCUT2D eigenvalue weighted by Crippen LogP contribution is 2.24. The van der Waals surface area contributed by atoms with Gasteiger partial charge < -0.3 is 15.4 Å².